The zero-order valence-electron chi connectivity index (χ0n) is 16.1. The maximum Gasteiger partial charge on any atom is 0.355 e. The standard InChI is InChI=1S/C23H21FN2O2/c1-4-20-19(14-25)21(22(26(20)3)23(27)28-5-2)17-8-6-15(7-9-17)16-10-12-18(24)13-11-16/h6-13H,4-5H2,1-3H3. The second-order valence-electron chi connectivity index (χ2n) is 6.37. The summed E-state index contributed by atoms with van der Waals surface area (Å²) < 4.78 is 20.1. The molecule has 0 bridgehead atoms. The molecular weight excluding hydrogens is 355 g/mol. The molecule has 0 saturated carbocycles. The summed E-state index contributed by atoms with van der Waals surface area (Å²) in [5.74, 6) is -0.728. The first-order valence-corrected chi connectivity index (χ1v) is 9.16. The van der Waals surface area contributed by atoms with Gasteiger partial charge in [-0.05, 0) is 42.2 Å². The number of ether oxygens (including phenoxy) is 1. The van der Waals surface area contributed by atoms with Gasteiger partial charge in [0.05, 0.1) is 12.2 Å². The summed E-state index contributed by atoms with van der Waals surface area (Å²) in [7, 11) is 1.78. The van der Waals surface area contributed by atoms with Gasteiger partial charge in [0.25, 0.3) is 0 Å². The van der Waals surface area contributed by atoms with Gasteiger partial charge in [-0.15, -0.1) is 0 Å². The zero-order chi connectivity index (χ0) is 20.3. The molecule has 0 spiro atoms. The monoisotopic (exact) mass is 376 g/mol. The van der Waals surface area contributed by atoms with Crippen LogP contribution in [-0.4, -0.2) is 17.1 Å². The number of benzene rings is 2. The van der Waals surface area contributed by atoms with E-state index in [4.69, 9.17) is 4.74 Å². The number of carbonyl (C=O) groups excluding carboxylic acids is 1. The fraction of sp³-hybridized carbons (Fsp3) is 0.217. The highest BCUT2D eigenvalue weighted by atomic mass is 19.1. The van der Waals surface area contributed by atoms with Gasteiger partial charge in [-0.25, -0.2) is 9.18 Å². The van der Waals surface area contributed by atoms with E-state index in [1.165, 1.54) is 12.1 Å². The molecule has 4 nitrogen and oxygen atoms in total. The van der Waals surface area contributed by atoms with Crippen molar-refractivity contribution in [3.8, 4) is 28.3 Å². The van der Waals surface area contributed by atoms with Crippen molar-refractivity contribution in [2.45, 2.75) is 20.3 Å². The van der Waals surface area contributed by atoms with Crippen LogP contribution in [0.5, 0.6) is 0 Å². The van der Waals surface area contributed by atoms with Gasteiger partial charge in [-0.1, -0.05) is 43.3 Å². The van der Waals surface area contributed by atoms with Crippen LogP contribution in [0.2, 0.25) is 0 Å². The highest BCUT2D eigenvalue weighted by Crippen LogP contribution is 2.34. The summed E-state index contributed by atoms with van der Waals surface area (Å²) in [4.78, 5) is 12.6. The van der Waals surface area contributed by atoms with Gasteiger partial charge in [0.15, 0.2) is 0 Å². The number of aromatic nitrogens is 1. The zero-order valence-corrected chi connectivity index (χ0v) is 16.1. The molecular formula is C23H21FN2O2. The molecule has 0 unspecified atom stereocenters. The Hall–Kier alpha value is -3.39. The molecule has 2 aromatic carbocycles. The molecule has 3 rings (SSSR count). The van der Waals surface area contributed by atoms with Crippen molar-refractivity contribution >= 4 is 5.97 Å². The van der Waals surface area contributed by atoms with E-state index in [0.29, 0.717) is 23.2 Å². The number of carbonyl (C=O) groups is 1. The molecule has 0 radical (unpaired) electrons. The third-order valence-corrected chi connectivity index (χ3v) is 4.78. The number of hydrogen-bond acceptors (Lipinski definition) is 3. The number of nitrogens with zero attached hydrogens (tertiary/aromatic N) is 2. The fourth-order valence-electron chi connectivity index (χ4n) is 3.46. The van der Waals surface area contributed by atoms with Gasteiger partial charge in [0.2, 0.25) is 0 Å². The average molecular weight is 376 g/mol. The van der Waals surface area contributed by atoms with Crippen LogP contribution < -0.4 is 0 Å². The maximum absolute atomic E-state index is 13.2. The van der Waals surface area contributed by atoms with Crippen LogP contribution in [0.4, 0.5) is 4.39 Å². The van der Waals surface area contributed by atoms with E-state index in [1.54, 1.807) is 30.7 Å². The second kappa shape index (κ2) is 8.10. The highest BCUT2D eigenvalue weighted by molar-refractivity contribution is 5.98. The van der Waals surface area contributed by atoms with E-state index in [0.717, 1.165) is 22.4 Å². The Morgan fingerprint density at radius 3 is 2.07 bits per heavy atom. The van der Waals surface area contributed by atoms with E-state index in [9.17, 15) is 14.4 Å². The summed E-state index contributed by atoms with van der Waals surface area (Å²) in [5, 5.41) is 9.75. The van der Waals surface area contributed by atoms with Crippen molar-refractivity contribution < 1.29 is 13.9 Å². The average Bonchev–Trinajstić information content (AvgIpc) is 3.00. The molecule has 0 atom stereocenters. The molecule has 0 saturated heterocycles. The van der Waals surface area contributed by atoms with Crippen molar-refractivity contribution in [1.29, 1.82) is 5.26 Å². The van der Waals surface area contributed by atoms with Crippen LogP contribution in [0.3, 0.4) is 0 Å². The summed E-state index contributed by atoms with van der Waals surface area (Å²) in [6.07, 6.45) is 0.624. The molecule has 0 aliphatic heterocycles. The van der Waals surface area contributed by atoms with Crippen molar-refractivity contribution in [2.24, 2.45) is 7.05 Å². The molecule has 0 aliphatic carbocycles. The summed E-state index contributed by atoms with van der Waals surface area (Å²) in [5.41, 5.74) is 4.83. The lowest BCUT2D eigenvalue weighted by molar-refractivity contribution is 0.0516. The number of halogens is 1. The Bertz CT molecular complexity index is 1040. The molecule has 142 valence electrons. The Balaban J connectivity index is 2.13. The van der Waals surface area contributed by atoms with Crippen LogP contribution in [-0.2, 0) is 18.2 Å². The van der Waals surface area contributed by atoms with Crippen molar-refractivity contribution in [2.75, 3.05) is 6.61 Å². The van der Waals surface area contributed by atoms with Gasteiger partial charge in [0.1, 0.15) is 17.6 Å². The Kier molecular flexibility index (Phi) is 5.60. The Labute approximate surface area is 163 Å². The van der Waals surface area contributed by atoms with Gasteiger partial charge < -0.3 is 9.30 Å². The Morgan fingerprint density at radius 1 is 1.04 bits per heavy atom. The van der Waals surface area contributed by atoms with Gasteiger partial charge in [0, 0.05) is 18.3 Å². The first-order valence-electron chi connectivity index (χ1n) is 9.16. The minimum Gasteiger partial charge on any atom is -0.461 e. The molecule has 28 heavy (non-hydrogen) atoms. The van der Waals surface area contributed by atoms with Gasteiger partial charge >= 0.3 is 5.97 Å². The minimum atomic E-state index is -0.446. The number of esters is 1. The van der Waals surface area contributed by atoms with Crippen molar-refractivity contribution in [1.82, 2.24) is 4.57 Å². The molecule has 0 amide bonds. The van der Waals surface area contributed by atoms with E-state index in [-0.39, 0.29) is 12.4 Å². The molecule has 0 fully saturated rings. The fourth-order valence-corrected chi connectivity index (χ4v) is 3.46. The first-order chi connectivity index (χ1) is 13.5. The van der Waals surface area contributed by atoms with Crippen LogP contribution in [0.25, 0.3) is 22.3 Å². The second-order valence-corrected chi connectivity index (χ2v) is 6.37. The summed E-state index contributed by atoms with van der Waals surface area (Å²) in [6.45, 7) is 3.97. The maximum atomic E-state index is 13.2. The SMILES string of the molecule is CCOC(=O)c1c(-c2ccc(-c3ccc(F)cc3)cc2)c(C#N)c(CC)n1C. The number of hydrogen-bond donors (Lipinski definition) is 0. The summed E-state index contributed by atoms with van der Waals surface area (Å²) in [6, 6.07) is 16.1. The van der Waals surface area contributed by atoms with Crippen molar-refractivity contribution in [3.63, 3.8) is 0 Å². The van der Waals surface area contributed by atoms with Crippen LogP contribution in [0.1, 0.15) is 35.6 Å². The summed E-state index contributed by atoms with van der Waals surface area (Å²) >= 11 is 0. The van der Waals surface area contributed by atoms with E-state index in [2.05, 4.69) is 6.07 Å². The van der Waals surface area contributed by atoms with E-state index in [1.807, 2.05) is 31.2 Å². The van der Waals surface area contributed by atoms with Crippen LogP contribution in [0.15, 0.2) is 48.5 Å². The lowest BCUT2D eigenvalue weighted by Gasteiger charge is -2.09. The van der Waals surface area contributed by atoms with E-state index < -0.39 is 5.97 Å². The minimum absolute atomic E-state index is 0.260. The van der Waals surface area contributed by atoms with E-state index >= 15 is 0 Å². The Morgan fingerprint density at radius 2 is 1.57 bits per heavy atom. The lowest BCUT2D eigenvalue weighted by Crippen LogP contribution is -2.12. The highest BCUT2D eigenvalue weighted by Gasteiger charge is 2.26. The lowest BCUT2D eigenvalue weighted by atomic mass is 9.97. The number of nitriles is 1. The first kappa shape index (κ1) is 19.4. The quantitative estimate of drug-likeness (QED) is 0.582. The normalized spacial score (nSPS) is 10.5. The van der Waals surface area contributed by atoms with Gasteiger partial charge in [-0.2, -0.15) is 5.26 Å². The molecule has 0 N–H and O–H groups in total. The largest absolute Gasteiger partial charge is 0.461 e. The predicted octanol–water partition coefficient (Wildman–Crippen LogP) is 5.11. The molecule has 1 heterocycles. The third-order valence-electron chi connectivity index (χ3n) is 4.78. The van der Waals surface area contributed by atoms with Crippen LogP contribution in [0, 0.1) is 17.1 Å². The molecule has 1 aromatic heterocycles. The van der Waals surface area contributed by atoms with Crippen LogP contribution >= 0.6 is 0 Å². The van der Waals surface area contributed by atoms with Crippen molar-refractivity contribution in [3.05, 3.63) is 71.3 Å². The predicted molar refractivity (Wildman–Crippen MR) is 106 cm³/mol. The smallest absolute Gasteiger partial charge is 0.355 e. The molecule has 3 aromatic rings. The molecule has 0 aliphatic rings. The number of rotatable bonds is 5. The third kappa shape index (κ3) is 3.41. The van der Waals surface area contributed by atoms with Gasteiger partial charge in [-0.3, -0.25) is 0 Å². The molecule has 5 heteroatoms. The topological polar surface area (TPSA) is 55.0 Å².